The van der Waals surface area contributed by atoms with Crippen LogP contribution in [0, 0.1) is 0 Å². The minimum Gasteiger partial charge on any atom is -0.385 e. The molecule has 0 atom stereocenters. The number of unbranched alkanes of at least 4 members (excludes halogenated alkanes) is 1. The lowest BCUT2D eigenvalue weighted by atomic mass is 10.3. The molecule has 1 aromatic rings. The predicted octanol–water partition coefficient (Wildman–Crippen LogP) is 2.06. The first-order valence-corrected chi connectivity index (χ1v) is 6.83. The Bertz CT molecular complexity index is 383. The van der Waals surface area contributed by atoms with E-state index in [0.717, 1.165) is 31.7 Å². The van der Waals surface area contributed by atoms with Crippen molar-refractivity contribution in [1.29, 1.82) is 0 Å². The molecule has 1 heterocycles. The summed E-state index contributed by atoms with van der Waals surface area (Å²) in [4.78, 5) is 15.9. The van der Waals surface area contributed by atoms with Crippen LogP contribution >= 0.6 is 0 Å². The third-order valence-corrected chi connectivity index (χ3v) is 2.55. The van der Waals surface area contributed by atoms with Crippen molar-refractivity contribution < 1.29 is 9.53 Å². The van der Waals surface area contributed by atoms with Gasteiger partial charge in [-0.25, -0.2) is 0 Å². The smallest absolute Gasteiger partial charge is 0.270 e. The maximum absolute atomic E-state index is 11.8. The molecule has 106 valence electrons. The fourth-order valence-corrected chi connectivity index (χ4v) is 1.54. The van der Waals surface area contributed by atoms with Gasteiger partial charge in [-0.1, -0.05) is 13.3 Å². The van der Waals surface area contributed by atoms with Crippen LogP contribution in [0.4, 0.5) is 5.69 Å². The Morgan fingerprint density at radius 2 is 2.21 bits per heavy atom. The maximum atomic E-state index is 11.8. The van der Waals surface area contributed by atoms with E-state index < -0.39 is 0 Å². The van der Waals surface area contributed by atoms with Crippen molar-refractivity contribution in [2.45, 2.75) is 26.7 Å². The minimum atomic E-state index is -0.168. The van der Waals surface area contributed by atoms with Crippen LogP contribution in [0.15, 0.2) is 18.3 Å². The first-order valence-electron chi connectivity index (χ1n) is 6.83. The molecule has 5 nitrogen and oxygen atoms in total. The standard InChI is InChI=1S/C14H23N3O2/c1-3-5-9-19-10-8-17-14(18)13-11-12(15-4-2)6-7-16-13/h6-7,11H,3-5,8-10H2,1-2H3,(H,15,16)(H,17,18). The first-order chi connectivity index (χ1) is 9.27. The zero-order valence-electron chi connectivity index (χ0n) is 11.7. The molecule has 19 heavy (non-hydrogen) atoms. The lowest BCUT2D eigenvalue weighted by Crippen LogP contribution is -2.28. The molecule has 0 aliphatic carbocycles. The molecule has 0 bridgehead atoms. The third-order valence-electron chi connectivity index (χ3n) is 2.55. The number of aromatic nitrogens is 1. The zero-order valence-corrected chi connectivity index (χ0v) is 11.7. The quantitative estimate of drug-likeness (QED) is 0.671. The zero-order chi connectivity index (χ0) is 13.9. The number of nitrogens with one attached hydrogen (secondary N) is 2. The van der Waals surface area contributed by atoms with Crippen LogP contribution in [0.2, 0.25) is 0 Å². The average molecular weight is 265 g/mol. The summed E-state index contributed by atoms with van der Waals surface area (Å²) in [7, 11) is 0. The predicted molar refractivity (Wildman–Crippen MR) is 76.5 cm³/mol. The summed E-state index contributed by atoms with van der Waals surface area (Å²) in [6, 6.07) is 3.59. The van der Waals surface area contributed by atoms with Crippen LogP contribution < -0.4 is 10.6 Å². The van der Waals surface area contributed by atoms with Crippen molar-refractivity contribution in [3.8, 4) is 0 Å². The molecule has 0 saturated carbocycles. The maximum Gasteiger partial charge on any atom is 0.270 e. The van der Waals surface area contributed by atoms with E-state index in [1.54, 1.807) is 12.3 Å². The minimum absolute atomic E-state index is 0.168. The Kier molecular flexibility index (Phi) is 7.58. The van der Waals surface area contributed by atoms with E-state index >= 15 is 0 Å². The summed E-state index contributed by atoms with van der Waals surface area (Å²) in [5.74, 6) is -0.168. The van der Waals surface area contributed by atoms with E-state index in [4.69, 9.17) is 4.74 Å². The van der Waals surface area contributed by atoms with Crippen molar-refractivity contribution in [1.82, 2.24) is 10.3 Å². The fourth-order valence-electron chi connectivity index (χ4n) is 1.54. The summed E-state index contributed by atoms with van der Waals surface area (Å²) in [5, 5.41) is 5.94. The molecule has 0 fully saturated rings. The molecular formula is C14H23N3O2. The summed E-state index contributed by atoms with van der Waals surface area (Å²) in [6.07, 6.45) is 3.80. The van der Waals surface area contributed by atoms with Gasteiger partial charge in [-0.15, -0.1) is 0 Å². The molecule has 0 radical (unpaired) electrons. The second kappa shape index (κ2) is 9.33. The summed E-state index contributed by atoms with van der Waals surface area (Å²) in [6.45, 7) is 6.74. The van der Waals surface area contributed by atoms with Crippen LogP contribution in [-0.2, 0) is 4.74 Å². The lowest BCUT2D eigenvalue weighted by molar-refractivity contribution is 0.0908. The molecule has 0 spiro atoms. The lowest BCUT2D eigenvalue weighted by Gasteiger charge is -2.07. The Morgan fingerprint density at radius 1 is 1.37 bits per heavy atom. The summed E-state index contributed by atoms with van der Waals surface area (Å²) >= 11 is 0. The number of rotatable bonds is 9. The van der Waals surface area contributed by atoms with E-state index in [1.807, 2.05) is 13.0 Å². The van der Waals surface area contributed by atoms with Gasteiger partial charge >= 0.3 is 0 Å². The highest BCUT2D eigenvalue weighted by Gasteiger charge is 2.06. The highest BCUT2D eigenvalue weighted by Crippen LogP contribution is 2.07. The molecule has 1 rings (SSSR count). The van der Waals surface area contributed by atoms with E-state index in [1.165, 1.54) is 0 Å². The van der Waals surface area contributed by atoms with Gasteiger partial charge in [0, 0.05) is 31.6 Å². The molecular weight excluding hydrogens is 242 g/mol. The van der Waals surface area contributed by atoms with Crippen molar-refractivity contribution in [2.24, 2.45) is 0 Å². The van der Waals surface area contributed by atoms with Crippen molar-refractivity contribution in [2.75, 3.05) is 31.6 Å². The summed E-state index contributed by atoms with van der Waals surface area (Å²) in [5.41, 5.74) is 1.33. The second-order valence-electron chi connectivity index (χ2n) is 4.18. The number of carbonyl (C=O) groups is 1. The van der Waals surface area contributed by atoms with E-state index in [0.29, 0.717) is 18.8 Å². The van der Waals surface area contributed by atoms with Gasteiger partial charge in [0.15, 0.2) is 0 Å². The number of amides is 1. The van der Waals surface area contributed by atoms with E-state index in [-0.39, 0.29) is 5.91 Å². The Hall–Kier alpha value is -1.62. The molecule has 0 unspecified atom stereocenters. The van der Waals surface area contributed by atoms with E-state index in [9.17, 15) is 4.79 Å². The molecule has 0 saturated heterocycles. The molecule has 0 aliphatic heterocycles. The highest BCUT2D eigenvalue weighted by atomic mass is 16.5. The normalized spacial score (nSPS) is 10.2. The number of hydrogen-bond acceptors (Lipinski definition) is 4. The first kappa shape index (κ1) is 15.4. The van der Waals surface area contributed by atoms with Gasteiger partial charge in [-0.2, -0.15) is 0 Å². The third kappa shape index (κ3) is 6.20. The largest absolute Gasteiger partial charge is 0.385 e. The van der Waals surface area contributed by atoms with Gasteiger partial charge in [0.1, 0.15) is 5.69 Å². The summed E-state index contributed by atoms with van der Waals surface area (Å²) < 4.78 is 5.38. The number of anilines is 1. The van der Waals surface area contributed by atoms with Gasteiger partial charge < -0.3 is 15.4 Å². The molecule has 2 N–H and O–H groups in total. The number of nitrogens with zero attached hydrogens (tertiary/aromatic N) is 1. The van der Waals surface area contributed by atoms with Gasteiger partial charge in [0.05, 0.1) is 6.61 Å². The topological polar surface area (TPSA) is 63.2 Å². The number of pyridine rings is 1. The van der Waals surface area contributed by atoms with Crippen LogP contribution in [-0.4, -0.2) is 37.2 Å². The van der Waals surface area contributed by atoms with Crippen molar-refractivity contribution >= 4 is 11.6 Å². The number of ether oxygens (including phenoxy) is 1. The molecule has 5 heteroatoms. The second-order valence-corrected chi connectivity index (χ2v) is 4.18. The van der Waals surface area contributed by atoms with Gasteiger partial charge in [0.25, 0.3) is 5.91 Å². The van der Waals surface area contributed by atoms with Gasteiger partial charge in [0.2, 0.25) is 0 Å². The Morgan fingerprint density at radius 3 is 2.95 bits per heavy atom. The molecule has 0 aliphatic rings. The van der Waals surface area contributed by atoms with Crippen molar-refractivity contribution in [3.05, 3.63) is 24.0 Å². The van der Waals surface area contributed by atoms with Crippen molar-refractivity contribution in [3.63, 3.8) is 0 Å². The highest BCUT2D eigenvalue weighted by molar-refractivity contribution is 5.93. The van der Waals surface area contributed by atoms with E-state index in [2.05, 4.69) is 22.5 Å². The van der Waals surface area contributed by atoms with Crippen LogP contribution in [0.25, 0.3) is 0 Å². The van der Waals surface area contributed by atoms with Crippen LogP contribution in [0.5, 0.6) is 0 Å². The van der Waals surface area contributed by atoms with Gasteiger partial charge in [-0.3, -0.25) is 9.78 Å². The fraction of sp³-hybridized carbons (Fsp3) is 0.571. The van der Waals surface area contributed by atoms with Crippen LogP contribution in [0.1, 0.15) is 37.2 Å². The Labute approximate surface area is 114 Å². The SMILES string of the molecule is CCCCOCCNC(=O)c1cc(NCC)ccn1. The van der Waals surface area contributed by atoms with Crippen LogP contribution in [0.3, 0.4) is 0 Å². The molecule has 1 amide bonds. The number of carbonyl (C=O) groups excluding carboxylic acids is 1. The van der Waals surface area contributed by atoms with Gasteiger partial charge in [-0.05, 0) is 25.5 Å². The monoisotopic (exact) mass is 265 g/mol. The molecule has 1 aromatic heterocycles. The average Bonchev–Trinajstić information content (AvgIpc) is 2.43. The molecule has 0 aromatic carbocycles. The Balaban J connectivity index is 2.30. The number of hydrogen-bond donors (Lipinski definition) is 2.